The van der Waals surface area contributed by atoms with Crippen LogP contribution in [-0.4, -0.2) is 5.91 Å². The number of benzene rings is 1. The summed E-state index contributed by atoms with van der Waals surface area (Å²) in [6.07, 6.45) is 6.21. The lowest BCUT2D eigenvalue weighted by atomic mass is 10.2. The predicted molar refractivity (Wildman–Crippen MR) is 81.5 cm³/mol. The number of carbonyl (C=O) groups is 1. The van der Waals surface area contributed by atoms with Crippen LogP contribution in [0.25, 0.3) is 6.08 Å². The lowest BCUT2D eigenvalue weighted by Crippen LogP contribution is -2.13. The summed E-state index contributed by atoms with van der Waals surface area (Å²) >= 11 is 5.76. The Hall–Kier alpha value is -2.77. The summed E-state index contributed by atoms with van der Waals surface area (Å²) in [7, 11) is 0. The normalized spacial score (nSPS) is 11.3. The van der Waals surface area contributed by atoms with E-state index in [9.17, 15) is 4.79 Å². The molecular weight excluding hydrogens is 288 g/mol. The van der Waals surface area contributed by atoms with Crippen LogP contribution in [0, 0.1) is 11.3 Å². The zero-order valence-electron chi connectivity index (χ0n) is 10.9. The van der Waals surface area contributed by atoms with Gasteiger partial charge in [-0.3, -0.25) is 4.79 Å². The maximum absolute atomic E-state index is 11.9. The lowest BCUT2D eigenvalue weighted by molar-refractivity contribution is -0.112. The number of halogens is 1. The first-order valence-electron chi connectivity index (χ1n) is 6.08. The minimum Gasteiger partial charge on any atom is -0.465 e. The Bertz CT molecular complexity index is 708. The van der Waals surface area contributed by atoms with Gasteiger partial charge in [0, 0.05) is 10.7 Å². The number of rotatable bonds is 4. The van der Waals surface area contributed by atoms with Crippen LogP contribution < -0.4 is 5.32 Å². The van der Waals surface area contributed by atoms with Crippen molar-refractivity contribution in [1.29, 1.82) is 5.26 Å². The molecule has 21 heavy (non-hydrogen) atoms. The number of amides is 1. The van der Waals surface area contributed by atoms with Gasteiger partial charge in [-0.2, -0.15) is 5.26 Å². The third kappa shape index (κ3) is 4.37. The van der Waals surface area contributed by atoms with E-state index >= 15 is 0 Å². The molecule has 1 aromatic carbocycles. The number of nitrogens with one attached hydrogen (secondary N) is 1. The second kappa shape index (κ2) is 7.13. The predicted octanol–water partition coefficient (Wildman–Crippen LogP) is 4.03. The maximum atomic E-state index is 11.9. The van der Waals surface area contributed by atoms with E-state index < -0.39 is 5.91 Å². The Balaban J connectivity index is 2.04. The highest BCUT2D eigenvalue weighted by molar-refractivity contribution is 6.30. The van der Waals surface area contributed by atoms with Gasteiger partial charge in [-0.15, -0.1) is 0 Å². The molecule has 2 aromatic rings. The Morgan fingerprint density at radius 1 is 1.29 bits per heavy atom. The van der Waals surface area contributed by atoms with Crippen LogP contribution in [-0.2, 0) is 4.79 Å². The molecule has 0 radical (unpaired) electrons. The number of hydrogen-bond acceptors (Lipinski definition) is 3. The van der Waals surface area contributed by atoms with Crippen LogP contribution in [0.2, 0.25) is 5.02 Å². The van der Waals surface area contributed by atoms with Gasteiger partial charge in [0.1, 0.15) is 17.4 Å². The van der Waals surface area contributed by atoms with Crippen molar-refractivity contribution >= 4 is 29.3 Å². The molecule has 0 aliphatic heterocycles. The molecule has 2 rings (SSSR count). The van der Waals surface area contributed by atoms with E-state index in [-0.39, 0.29) is 5.57 Å². The number of carbonyl (C=O) groups excluding carboxylic acids is 1. The highest BCUT2D eigenvalue weighted by Crippen LogP contribution is 2.14. The molecule has 1 amide bonds. The first-order chi connectivity index (χ1) is 10.2. The highest BCUT2D eigenvalue weighted by Gasteiger charge is 2.07. The molecule has 0 spiro atoms. The Labute approximate surface area is 127 Å². The second-order valence-corrected chi connectivity index (χ2v) is 4.46. The first kappa shape index (κ1) is 14.6. The average Bonchev–Trinajstić information content (AvgIpc) is 2.99. The topological polar surface area (TPSA) is 66.0 Å². The second-order valence-electron chi connectivity index (χ2n) is 4.03. The van der Waals surface area contributed by atoms with Crippen molar-refractivity contribution in [2.75, 3.05) is 5.32 Å². The molecule has 0 unspecified atom stereocenters. The summed E-state index contributed by atoms with van der Waals surface area (Å²) in [4.78, 5) is 11.9. The van der Waals surface area contributed by atoms with Crippen LogP contribution in [0.5, 0.6) is 0 Å². The number of allylic oxidation sites excluding steroid dienone is 2. The van der Waals surface area contributed by atoms with E-state index in [0.717, 1.165) is 0 Å². The van der Waals surface area contributed by atoms with E-state index in [1.54, 1.807) is 54.8 Å². The van der Waals surface area contributed by atoms with E-state index in [4.69, 9.17) is 21.3 Å². The fraction of sp³-hybridized carbons (Fsp3) is 0. The molecule has 0 bridgehead atoms. The van der Waals surface area contributed by atoms with Gasteiger partial charge in [0.25, 0.3) is 5.91 Å². The van der Waals surface area contributed by atoms with Crippen LogP contribution in [0.1, 0.15) is 5.76 Å². The monoisotopic (exact) mass is 298 g/mol. The molecule has 4 nitrogen and oxygen atoms in total. The molecule has 0 saturated carbocycles. The van der Waals surface area contributed by atoms with E-state index in [1.807, 2.05) is 6.07 Å². The molecule has 0 aliphatic rings. The standard InChI is InChI=1S/C16H11ClN2O2/c17-13-6-8-14(9-7-13)19-16(20)12(11-18)3-1-4-15-5-2-10-21-15/h1-10H,(H,19,20)/b4-1+,12-3-. The number of hydrogen-bond donors (Lipinski definition) is 1. The molecule has 5 heteroatoms. The van der Waals surface area contributed by atoms with Crippen molar-refractivity contribution in [1.82, 2.24) is 0 Å². The van der Waals surface area contributed by atoms with Gasteiger partial charge < -0.3 is 9.73 Å². The molecule has 0 atom stereocenters. The summed E-state index contributed by atoms with van der Waals surface area (Å²) in [6.45, 7) is 0. The smallest absolute Gasteiger partial charge is 0.266 e. The van der Waals surface area contributed by atoms with Gasteiger partial charge in [-0.1, -0.05) is 17.7 Å². The van der Waals surface area contributed by atoms with Crippen LogP contribution in [0.4, 0.5) is 5.69 Å². The molecule has 0 aliphatic carbocycles. The van der Waals surface area contributed by atoms with E-state index in [0.29, 0.717) is 16.5 Å². The number of anilines is 1. The molecule has 104 valence electrons. The average molecular weight is 299 g/mol. The van der Waals surface area contributed by atoms with E-state index in [1.165, 1.54) is 6.08 Å². The fourth-order valence-corrected chi connectivity index (χ4v) is 1.65. The third-order valence-corrected chi connectivity index (χ3v) is 2.79. The van der Waals surface area contributed by atoms with Gasteiger partial charge in [0.2, 0.25) is 0 Å². The third-order valence-electron chi connectivity index (χ3n) is 2.53. The SMILES string of the molecule is N#C/C(=C/C=C/c1ccco1)C(=O)Nc1ccc(Cl)cc1. The fourth-order valence-electron chi connectivity index (χ4n) is 1.52. The van der Waals surface area contributed by atoms with Crippen molar-refractivity contribution in [2.24, 2.45) is 0 Å². The van der Waals surface area contributed by atoms with Crippen molar-refractivity contribution in [3.63, 3.8) is 0 Å². The van der Waals surface area contributed by atoms with Crippen molar-refractivity contribution in [3.05, 3.63) is 71.2 Å². The molecule has 1 aromatic heterocycles. The lowest BCUT2D eigenvalue weighted by Gasteiger charge is -2.03. The summed E-state index contributed by atoms with van der Waals surface area (Å²) in [6, 6.07) is 12.0. The molecule has 1 heterocycles. The first-order valence-corrected chi connectivity index (χ1v) is 6.46. The minimum absolute atomic E-state index is 0.00671. The van der Waals surface area contributed by atoms with Gasteiger partial charge >= 0.3 is 0 Å². The zero-order chi connectivity index (χ0) is 15.1. The van der Waals surface area contributed by atoms with Gasteiger partial charge in [0.15, 0.2) is 0 Å². The summed E-state index contributed by atoms with van der Waals surface area (Å²) < 4.78 is 5.10. The number of nitrogens with zero attached hydrogens (tertiary/aromatic N) is 1. The van der Waals surface area contributed by atoms with Crippen molar-refractivity contribution < 1.29 is 9.21 Å². The van der Waals surface area contributed by atoms with Gasteiger partial charge in [0.05, 0.1) is 6.26 Å². The van der Waals surface area contributed by atoms with Gasteiger partial charge in [-0.05, 0) is 48.6 Å². The van der Waals surface area contributed by atoms with Crippen molar-refractivity contribution in [3.8, 4) is 6.07 Å². The molecule has 0 fully saturated rings. The van der Waals surface area contributed by atoms with Crippen LogP contribution in [0.3, 0.4) is 0 Å². The van der Waals surface area contributed by atoms with E-state index in [2.05, 4.69) is 5.32 Å². The zero-order valence-corrected chi connectivity index (χ0v) is 11.7. The quantitative estimate of drug-likeness (QED) is 0.526. The van der Waals surface area contributed by atoms with Crippen molar-refractivity contribution in [2.45, 2.75) is 0 Å². The summed E-state index contributed by atoms with van der Waals surface area (Å²) in [5, 5.41) is 12.2. The summed E-state index contributed by atoms with van der Waals surface area (Å²) in [5.41, 5.74) is 0.563. The Morgan fingerprint density at radius 2 is 2.05 bits per heavy atom. The van der Waals surface area contributed by atoms with Crippen LogP contribution >= 0.6 is 11.6 Å². The number of furan rings is 1. The maximum Gasteiger partial charge on any atom is 0.266 e. The largest absolute Gasteiger partial charge is 0.465 e. The van der Waals surface area contributed by atoms with Crippen LogP contribution in [0.15, 0.2) is 64.8 Å². The van der Waals surface area contributed by atoms with Gasteiger partial charge in [-0.25, -0.2) is 0 Å². The minimum atomic E-state index is -0.482. The summed E-state index contributed by atoms with van der Waals surface area (Å²) in [5.74, 6) is 0.158. The molecule has 0 saturated heterocycles. The highest BCUT2D eigenvalue weighted by atomic mass is 35.5. The number of nitriles is 1. The molecular formula is C16H11ClN2O2. The Kier molecular flexibility index (Phi) is 4.97. The Morgan fingerprint density at radius 3 is 2.67 bits per heavy atom. The molecule has 1 N–H and O–H groups in total.